The number of halogens is 1. The molecule has 2 aliphatic heterocycles. The smallest absolute Gasteiger partial charge is 0.150 e. The molecule has 2 aliphatic rings. The molecule has 3 aromatic rings. The Kier molecular flexibility index (Phi) is 3.60. The quantitative estimate of drug-likeness (QED) is 0.512. The molecule has 0 unspecified atom stereocenters. The first-order valence-electron chi connectivity index (χ1n) is 9.18. The molecule has 1 N–H and O–H groups in total. The van der Waals surface area contributed by atoms with Crippen LogP contribution in [0.1, 0.15) is 36.6 Å². The van der Waals surface area contributed by atoms with Gasteiger partial charge >= 0.3 is 0 Å². The Bertz CT molecular complexity index is 1070. The lowest BCUT2D eigenvalue weighted by Crippen LogP contribution is -2.31. The largest absolute Gasteiger partial charge is 0.480 e. The monoisotopic (exact) mass is 373 g/mol. The molecule has 3 aromatic carbocycles. The summed E-state index contributed by atoms with van der Waals surface area (Å²) in [6, 6.07) is 20.6. The fraction of sp³-hybridized carbons (Fsp3) is 0.167. The third kappa shape index (κ3) is 2.72. The highest BCUT2D eigenvalue weighted by molar-refractivity contribution is 6.30. The average Bonchev–Trinajstić information content (AvgIpc) is 2.66. The lowest BCUT2D eigenvalue weighted by atomic mass is 9.83. The van der Waals surface area contributed by atoms with Crippen molar-refractivity contribution < 1.29 is 4.74 Å². The lowest BCUT2D eigenvalue weighted by molar-refractivity contribution is 0.243. The summed E-state index contributed by atoms with van der Waals surface area (Å²) in [5.41, 5.74) is 6.93. The van der Waals surface area contributed by atoms with Crippen LogP contribution in [0.25, 0.3) is 17.2 Å². The summed E-state index contributed by atoms with van der Waals surface area (Å²) in [6.07, 6.45) is 4.27. The van der Waals surface area contributed by atoms with Gasteiger partial charge in [0.2, 0.25) is 0 Å². The van der Waals surface area contributed by atoms with Crippen molar-refractivity contribution in [3.8, 4) is 16.9 Å². The predicted octanol–water partition coefficient (Wildman–Crippen LogP) is 6.71. The minimum absolute atomic E-state index is 0.0650. The van der Waals surface area contributed by atoms with Crippen LogP contribution in [0.5, 0.6) is 5.75 Å². The molecule has 0 fully saturated rings. The minimum atomic E-state index is -0.172. The molecule has 2 nitrogen and oxygen atoms in total. The number of nitrogens with one attached hydrogen (secondary N) is 1. The van der Waals surface area contributed by atoms with E-state index in [0.29, 0.717) is 0 Å². The van der Waals surface area contributed by atoms with Gasteiger partial charge in [0.1, 0.15) is 5.75 Å². The van der Waals surface area contributed by atoms with Crippen molar-refractivity contribution in [3.05, 3.63) is 88.5 Å². The van der Waals surface area contributed by atoms with Gasteiger partial charge in [-0.25, -0.2) is 0 Å². The molecule has 0 amide bonds. The van der Waals surface area contributed by atoms with Gasteiger partial charge < -0.3 is 10.1 Å². The Labute approximate surface area is 164 Å². The van der Waals surface area contributed by atoms with Crippen molar-refractivity contribution in [2.75, 3.05) is 5.32 Å². The molecule has 3 heteroatoms. The summed E-state index contributed by atoms with van der Waals surface area (Å²) in [4.78, 5) is 0. The van der Waals surface area contributed by atoms with E-state index in [9.17, 15) is 0 Å². The number of anilines is 1. The maximum atomic E-state index is 6.50. The van der Waals surface area contributed by atoms with Crippen LogP contribution in [0.4, 0.5) is 5.69 Å². The van der Waals surface area contributed by atoms with E-state index < -0.39 is 0 Å². The van der Waals surface area contributed by atoms with Gasteiger partial charge in [-0.3, -0.25) is 0 Å². The molecule has 27 heavy (non-hydrogen) atoms. The first-order chi connectivity index (χ1) is 13.0. The third-order valence-corrected chi connectivity index (χ3v) is 5.52. The Morgan fingerprint density at radius 1 is 0.926 bits per heavy atom. The Balaban J connectivity index is 1.77. The van der Waals surface area contributed by atoms with Crippen molar-refractivity contribution >= 4 is 23.4 Å². The third-order valence-electron chi connectivity index (χ3n) is 5.27. The zero-order valence-electron chi connectivity index (χ0n) is 15.3. The fourth-order valence-electron chi connectivity index (χ4n) is 3.97. The summed E-state index contributed by atoms with van der Waals surface area (Å²) in [6.45, 7) is 4.35. The molecule has 1 atom stereocenters. The normalized spacial score (nSPS) is 18.6. The molecule has 5 rings (SSSR count). The van der Waals surface area contributed by atoms with Crippen LogP contribution >= 0.6 is 11.6 Å². The van der Waals surface area contributed by atoms with E-state index in [-0.39, 0.29) is 11.6 Å². The van der Waals surface area contributed by atoms with Crippen LogP contribution in [0, 0.1) is 0 Å². The first-order valence-corrected chi connectivity index (χ1v) is 9.55. The number of hydrogen-bond donors (Lipinski definition) is 1. The second-order valence-electron chi connectivity index (χ2n) is 7.71. The van der Waals surface area contributed by atoms with E-state index >= 15 is 0 Å². The molecule has 2 heterocycles. The minimum Gasteiger partial charge on any atom is -0.480 e. The van der Waals surface area contributed by atoms with Crippen molar-refractivity contribution in [3.63, 3.8) is 0 Å². The lowest BCUT2D eigenvalue weighted by Gasteiger charge is -2.35. The number of benzene rings is 3. The van der Waals surface area contributed by atoms with Crippen LogP contribution in [-0.2, 0) is 0 Å². The van der Waals surface area contributed by atoms with Crippen LogP contribution in [-0.4, -0.2) is 5.54 Å². The van der Waals surface area contributed by atoms with Gasteiger partial charge in [-0.15, -0.1) is 0 Å². The summed E-state index contributed by atoms with van der Waals surface area (Å²) in [7, 11) is 0. The maximum Gasteiger partial charge on any atom is 0.150 e. The van der Waals surface area contributed by atoms with E-state index in [1.807, 2.05) is 36.4 Å². The predicted molar refractivity (Wildman–Crippen MR) is 113 cm³/mol. The number of para-hydroxylation sites is 1. The Hall–Kier alpha value is -2.71. The number of ether oxygens (including phenoxy) is 1. The number of fused-ring (bicyclic) bond motifs is 5. The molecular weight excluding hydrogens is 354 g/mol. The van der Waals surface area contributed by atoms with E-state index in [1.165, 1.54) is 16.7 Å². The van der Waals surface area contributed by atoms with Gasteiger partial charge in [-0.1, -0.05) is 60.2 Å². The fourth-order valence-corrected chi connectivity index (χ4v) is 4.10. The van der Waals surface area contributed by atoms with Crippen molar-refractivity contribution in [2.24, 2.45) is 0 Å². The van der Waals surface area contributed by atoms with E-state index in [2.05, 4.69) is 55.6 Å². The van der Waals surface area contributed by atoms with Gasteiger partial charge in [-0.2, -0.15) is 0 Å². The summed E-state index contributed by atoms with van der Waals surface area (Å²) >= 11 is 6.12. The van der Waals surface area contributed by atoms with Gasteiger partial charge in [-0.05, 0) is 49.2 Å². The highest BCUT2D eigenvalue weighted by Crippen LogP contribution is 2.49. The van der Waals surface area contributed by atoms with Crippen molar-refractivity contribution in [1.29, 1.82) is 0 Å². The number of hydrogen-bond acceptors (Lipinski definition) is 2. The van der Waals surface area contributed by atoms with Crippen molar-refractivity contribution in [2.45, 2.75) is 25.5 Å². The van der Waals surface area contributed by atoms with Crippen LogP contribution in [0.15, 0.2) is 66.7 Å². The molecule has 0 aromatic heterocycles. The second-order valence-corrected chi connectivity index (χ2v) is 8.15. The Morgan fingerprint density at radius 3 is 2.52 bits per heavy atom. The molecule has 0 spiro atoms. The van der Waals surface area contributed by atoms with Crippen LogP contribution < -0.4 is 10.1 Å². The van der Waals surface area contributed by atoms with Gasteiger partial charge in [0.05, 0.1) is 5.54 Å². The van der Waals surface area contributed by atoms with Crippen LogP contribution in [0.2, 0.25) is 5.02 Å². The second kappa shape index (κ2) is 5.90. The SMILES string of the molecule is CC1(C)C=Cc2c(ccc3c2[C@@H](c2ccc(Cl)cc2)Oc2ccccc2-3)N1. The molecule has 0 bridgehead atoms. The Morgan fingerprint density at radius 2 is 1.70 bits per heavy atom. The summed E-state index contributed by atoms with van der Waals surface area (Å²) < 4.78 is 6.50. The zero-order chi connectivity index (χ0) is 18.6. The highest BCUT2D eigenvalue weighted by atomic mass is 35.5. The van der Waals surface area contributed by atoms with E-state index in [0.717, 1.165) is 27.6 Å². The molecule has 134 valence electrons. The topological polar surface area (TPSA) is 21.3 Å². The average molecular weight is 374 g/mol. The van der Waals surface area contributed by atoms with Gasteiger partial charge in [0, 0.05) is 27.4 Å². The molecule has 0 aliphatic carbocycles. The molecule has 0 radical (unpaired) electrons. The summed E-state index contributed by atoms with van der Waals surface area (Å²) in [5.74, 6) is 0.915. The highest BCUT2D eigenvalue weighted by Gasteiger charge is 2.32. The molecular formula is C24H20ClNO. The van der Waals surface area contributed by atoms with Gasteiger partial charge in [0.15, 0.2) is 6.10 Å². The molecule has 0 saturated carbocycles. The van der Waals surface area contributed by atoms with Gasteiger partial charge in [0.25, 0.3) is 0 Å². The maximum absolute atomic E-state index is 6.50. The summed E-state index contributed by atoms with van der Waals surface area (Å²) in [5, 5.41) is 4.36. The number of rotatable bonds is 1. The van der Waals surface area contributed by atoms with Crippen LogP contribution in [0.3, 0.4) is 0 Å². The van der Waals surface area contributed by atoms with E-state index in [4.69, 9.17) is 16.3 Å². The zero-order valence-corrected chi connectivity index (χ0v) is 16.0. The van der Waals surface area contributed by atoms with Crippen molar-refractivity contribution in [1.82, 2.24) is 0 Å². The first kappa shape index (κ1) is 16.5. The van der Waals surface area contributed by atoms with E-state index in [1.54, 1.807) is 0 Å². The standard InChI is InChI=1S/C24H20ClNO/c1-24(2)14-13-19-20(26-24)12-11-18-17-5-3-4-6-21(17)27-23(22(18)19)15-7-9-16(25)10-8-15/h3-14,23,26H,1-2H3/t23-/m1/s1. The molecule has 0 saturated heterocycles.